The van der Waals surface area contributed by atoms with Crippen LogP contribution in [0.4, 0.5) is 11.5 Å². The highest BCUT2D eigenvalue weighted by Crippen LogP contribution is 2.23. The number of aryl methyl sites for hydroxylation is 1. The average molecular weight is 298 g/mol. The van der Waals surface area contributed by atoms with E-state index in [2.05, 4.69) is 9.71 Å². The first-order valence-corrected chi connectivity index (χ1v) is 7.26. The van der Waals surface area contributed by atoms with Gasteiger partial charge >= 0.3 is 0 Å². The Kier molecular flexibility index (Phi) is 3.64. The topological polar surface area (TPSA) is 85.1 Å². The molecule has 7 heteroatoms. The van der Waals surface area contributed by atoms with Gasteiger partial charge in [0.15, 0.2) is 0 Å². The van der Waals surface area contributed by atoms with Crippen molar-refractivity contribution in [2.75, 3.05) is 10.5 Å². The Morgan fingerprint density at radius 3 is 2.63 bits per heavy atom. The van der Waals surface area contributed by atoms with E-state index in [1.807, 2.05) is 0 Å². The number of halogens is 1. The Morgan fingerprint density at radius 1 is 1.26 bits per heavy atom. The van der Waals surface area contributed by atoms with Crippen LogP contribution in [0.15, 0.2) is 41.3 Å². The number of rotatable bonds is 3. The lowest BCUT2D eigenvalue weighted by Crippen LogP contribution is -2.14. The Hall–Kier alpha value is -1.79. The molecule has 0 aliphatic carbocycles. The summed E-state index contributed by atoms with van der Waals surface area (Å²) in [6, 6.07) is 9.20. The molecule has 0 fully saturated rings. The summed E-state index contributed by atoms with van der Waals surface area (Å²) in [5.74, 6) is 0.258. The summed E-state index contributed by atoms with van der Waals surface area (Å²) >= 11 is 5.76. The number of hydrogen-bond acceptors (Lipinski definition) is 4. The van der Waals surface area contributed by atoms with E-state index in [-0.39, 0.29) is 16.4 Å². The van der Waals surface area contributed by atoms with E-state index in [1.165, 1.54) is 18.2 Å². The lowest BCUT2D eigenvalue weighted by Gasteiger charge is -2.08. The third kappa shape index (κ3) is 3.15. The van der Waals surface area contributed by atoms with Crippen LogP contribution < -0.4 is 10.5 Å². The number of nitrogens with two attached hydrogens (primary N) is 1. The van der Waals surface area contributed by atoms with Crippen molar-refractivity contribution in [2.24, 2.45) is 0 Å². The number of aromatic nitrogens is 1. The standard InChI is InChI=1S/C12H12ClN3O2S/c1-8-3-2-4-12(15-8)16-19(17,18)9-5-6-10(13)11(14)7-9/h2-7H,14H2,1H3,(H,15,16). The van der Waals surface area contributed by atoms with Gasteiger partial charge in [0.2, 0.25) is 0 Å². The maximum Gasteiger partial charge on any atom is 0.263 e. The number of pyridine rings is 1. The van der Waals surface area contributed by atoms with Crippen LogP contribution in [0.3, 0.4) is 0 Å². The maximum absolute atomic E-state index is 12.1. The molecule has 0 atom stereocenters. The number of anilines is 2. The SMILES string of the molecule is Cc1cccc(NS(=O)(=O)c2ccc(Cl)c(N)c2)n1. The first-order chi connectivity index (χ1) is 8.88. The number of sulfonamides is 1. The van der Waals surface area contributed by atoms with Gasteiger partial charge in [0.1, 0.15) is 5.82 Å². The van der Waals surface area contributed by atoms with Crippen LogP contribution in [-0.4, -0.2) is 13.4 Å². The van der Waals surface area contributed by atoms with Crippen molar-refractivity contribution in [1.82, 2.24) is 4.98 Å². The van der Waals surface area contributed by atoms with Crippen LogP contribution in [0.5, 0.6) is 0 Å². The molecule has 0 saturated carbocycles. The predicted octanol–water partition coefficient (Wildman–Crippen LogP) is 2.43. The lowest BCUT2D eigenvalue weighted by atomic mass is 10.3. The zero-order chi connectivity index (χ0) is 14.0. The number of nitrogen functional groups attached to an aromatic ring is 1. The van der Waals surface area contributed by atoms with E-state index in [0.717, 1.165) is 5.69 Å². The minimum absolute atomic E-state index is 0.0395. The second-order valence-electron chi connectivity index (χ2n) is 3.95. The molecule has 0 spiro atoms. The molecule has 1 aromatic carbocycles. The van der Waals surface area contributed by atoms with Crippen LogP contribution in [0.2, 0.25) is 5.02 Å². The number of benzene rings is 1. The fourth-order valence-electron chi connectivity index (χ4n) is 1.49. The van der Waals surface area contributed by atoms with Gasteiger partial charge in [0.25, 0.3) is 10.0 Å². The smallest absolute Gasteiger partial charge is 0.263 e. The normalized spacial score (nSPS) is 11.3. The van der Waals surface area contributed by atoms with Crippen LogP contribution >= 0.6 is 11.6 Å². The highest BCUT2D eigenvalue weighted by molar-refractivity contribution is 7.92. The molecule has 0 bridgehead atoms. The fourth-order valence-corrected chi connectivity index (χ4v) is 2.64. The highest BCUT2D eigenvalue weighted by Gasteiger charge is 2.15. The van der Waals surface area contributed by atoms with Gasteiger partial charge in [0, 0.05) is 5.69 Å². The summed E-state index contributed by atoms with van der Waals surface area (Å²) in [5.41, 5.74) is 6.52. The van der Waals surface area contributed by atoms with Crippen LogP contribution in [0, 0.1) is 6.92 Å². The van der Waals surface area contributed by atoms with E-state index in [9.17, 15) is 8.42 Å². The minimum atomic E-state index is -3.72. The minimum Gasteiger partial charge on any atom is -0.397 e. The number of nitrogens with one attached hydrogen (secondary N) is 1. The Balaban J connectivity index is 2.35. The first kappa shape index (κ1) is 13.6. The lowest BCUT2D eigenvalue weighted by molar-refractivity contribution is 0.601. The molecule has 3 N–H and O–H groups in total. The van der Waals surface area contributed by atoms with Gasteiger partial charge in [-0.15, -0.1) is 0 Å². The van der Waals surface area contributed by atoms with Gasteiger partial charge < -0.3 is 5.73 Å². The van der Waals surface area contributed by atoms with Crippen LogP contribution in [0.1, 0.15) is 5.69 Å². The van der Waals surface area contributed by atoms with Crippen molar-refractivity contribution >= 4 is 33.1 Å². The molecule has 2 rings (SSSR count). The molecule has 1 heterocycles. The zero-order valence-corrected chi connectivity index (χ0v) is 11.7. The van der Waals surface area contributed by atoms with Crippen LogP contribution in [-0.2, 0) is 10.0 Å². The van der Waals surface area contributed by atoms with Gasteiger partial charge in [-0.3, -0.25) is 4.72 Å². The van der Waals surface area contributed by atoms with Gasteiger partial charge in [-0.05, 0) is 37.3 Å². The molecule has 0 amide bonds. The quantitative estimate of drug-likeness (QED) is 0.852. The average Bonchev–Trinajstić information content (AvgIpc) is 2.32. The largest absolute Gasteiger partial charge is 0.397 e. The summed E-state index contributed by atoms with van der Waals surface area (Å²) in [6.45, 7) is 1.78. The third-order valence-electron chi connectivity index (χ3n) is 2.41. The fraction of sp³-hybridized carbons (Fsp3) is 0.0833. The third-order valence-corrected chi connectivity index (χ3v) is 4.10. The van der Waals surface area contributed by atoms with Gasteiger partial charge in [0.05, 0.1) is 15.6 Å². The molecule has 0 radical (unpaired) electrons. The Bertz CT molecular complexity index is 717. The molecule has 0 aliphatic heterocycles. The molecule has 1 aromatic heterocycles. The Morgan fingerprint density at radius 2 is 2.00 bits per heavy atom. The van der Waals surface area contributed by atoms with Gasteiger partial charge in [-0.2, -0.15) is 0 Å². The maximum atomic E-state index is 12.1. The summed E-state index contributed by atoms with van der Waals surface area (Å²) in [7, 11) is -3.72. The van der Waals surface area contributed by atoms with Crippen molar-refractivity contribution in [1.29, 1.82) is 0 Å². The van der Waals surface area contributed by atoms with E-state index in [4.69, 9.17) is 17.3 Å². The van der Waals surface area contributed by atoms with E-state index < -0.39 is 10.0 Å². The van der Waals surface area contributed by atoms with Crippen molar-refractivity contribution in [3.63, 3.8) is 0 Å². The van der Waals surface area contributed by atoms with Gasteiger partial charge in [-0.25, -0.2) is 13.4 Å². The van der Waals surface area contributed by atoms with Crippen LogP contribution in [0.25, 0.3) is 0 Å². The van der Waals surface area contributed by atoms with Crippen molar-refractivity contribution < 1.29 is 8.42 Å². The summed E-state index contributed by atoms with van der Waals surface area (Å²) < 4.78 is 26.6. The summed E-state index contributed by atoms with van der Waals surface area (Å²) in [5, 5.41) is 0.313. The first-order valence-electron chi connectivity index (χ1n) is 5.40. The molecule has 2 aromatic rings. The molecule has 19 heavy (non-hydrogen) atoms. The number of hydrogen-bond donors (Lipinski definition) is 2. The molecule has 0 aliphatic rings. The van der Waals surface area contributed by atoms with Crippen molar-refractivity contribution in [3.05, 3.63) is 47.1 Å². The van der Waals surface area contributed by atoms with E-state index >= 15 is 0 Å². The number of nitrogens with zero attached hydrogens (tertiary/aromatic N) is 1. The monoisotopic (exact) mass is 297 g/mol. The van der Waals surface area contributed by atoms with E-state index in [1.54, 1.807) is 25.1 Å². The predicted molar refractivity (Wildman–Crippen MR) is 75.6 cm³/mol. The highest BCUT2D eigenvalue weighted by atomic mass is 35.5. The second-order valence-corrected chi connectivity index (χ2v) is 6.04. The molecule has 0 unspecified atom stereocenters. The van der Waals surface area contributed by atoms with Gasteiger partial charge in [-0.1, -0.05) is 17.7 Å². The molecule has 0 saturated heterocycles. The van der Waals surface area contributed by atoms with Crippen molar-refractivity contribution in [2.45, 2.75) is 11.8 Å². The van der Waals surface area contributed by atoms with E-state index in [0.29, 0.717) is 5.02 Å². The second kappa shape index (κ2) is 5.07. The van der Waals surface area contributed by atoms with Crippen molar-refractivity contribution in [3.8, 4) is 0 Å². The molecular weight excluding hydrogens is 286 g/mol. The summed E-state index contributed by atoms with van der Waals surface area (Å²) in [6.07, 6.45) is 0. The Labute approximate surface area is 116 Å². The molecule has 5 nitrogen and oxygen atoms in total. The molecular formula is C12H12ClN3O2S. The summed E-state index contributed by atoms with van der Waals surface area (Å²) in [4.78, 5) is 4.12. The molecule has 100 valence electrons. The zero-order valence-electron chi connectivity index (χ0n) is 10.1.